The summed E-state index contributed by atoms with van der Waals surface area (Å²) in [5.74, 6) is 3.83. The molecular formula is C15H21NS. The second-order valence-electron chi connectivity index (χ2n) is 3.86. The summed E-state index contributed by atoms with van der Waals surface area (Å²) in [6.45, 7) is 5.28. The molecule has 1 atom stereocenters. The van der Waals surface area contributed by atoms with Gasteiger partial charge in [0, 0.05) is 17.4 Å². The molecule has 0 aromatic heterocycles. The first-order valence-corrected chi connectivity index (χ1v) is 7.20. The minimum atomic E-state index is 0.386. The Hall–Kier alpha value is -0.910. The van der Waals surface area contributed by atoms with Crippen molar-refractivity contribution in [3.63, 3.8) is 0 Å². The second-order valence-corrected chi connectivity index (χ2v) is 5.19. The molecule has 1 nitrogen and oxygen atoms in total. The number of benzene rings is 1. The van der Waals surface area contributed by atoms with Crippen molar-refractivity contribution in [1.29, 1.82) is 0 Å². The van der Waals surface area contributed by atoms with E-state index >= 15 is 0 Å². The zero-order valence-electron chi connectivity index (χ0n) is 10.7. The molecule has 0 saturated heterocycles. The zero-order chi connectivity index (χ0) is 12.5. The van der Waals surface area contributed by atoms with E-state index in [4.69, 9.17) is 6.42 Å². The molecule has 1 unspecified atom stereocenters. The molecule has 0 fully saturated rings. The van der Waals surface area contributed by atoms with Gasteiger partial charge in [-0.1, -0.05) is 26.0 Å². The van der Waals surface area contributed by atoms with Crippen molar-refractivity contribution in [2.45, 2.75) is 37.6 Å². The van der Waals surface area contributed by atoms with E-state index in [1.807, 2.05) is 11.8 Å². The molecule has 0 aliphatic rings. The van der Waals surface area contributed by atoms with Gasteiger partial charge in [-0.3, -0.25) is 0 Å². The fourth-order valence-corrected chi connectivity index (χ4v) is 2.49. The average Bonchev–Trinajstić information content (AvgIpc) is 2.36. The quantitative estimate of drug-likeness (QED) is 0.580. The van der Waals surface area contributed by atoms with Gasteiger partial charge in [-0.2, -0.15) is 0 Å². The molecule has 92 valence electrons. The van der Waals surface area contributed by atoms with E-state index in [9.17, 15) is 0 Å². The molecule has 1 rings (SSSR count). The molecule has 0 amide bonds. The lowest BCUT2D eigenvalue weighted by atomic mass is 10.0. The van der Waals surface area contributed by atoms with Crippen LogP contribution in [0.25, 0.3) is 0 Å². The summed E-state index contributed by atoms with van der Waals surface area (Å²) >= 11 is 1.87. The van der Waals surface area contributed by atoms with E-state index in [2.05, 4.69) is 49.4 Å². The van der Waals surface area contributed by atoms with Crippen molar-refractivity contribution >= 4 is 11.8 Å². The number of thioether (sulfide) groups is 1. The Bertz CT molecular complexity index is 350. The maximum atomic E-state index is 5.33. The molecule has 0 saturated carbocycles. The largest absolute Gasteiger partial charge is 0.310 e. The summed E-state index contributed by atoms with van der Waals surface area (Å²) in [7, 11) is 0. The Balaban J connectivity index is 2.69. The third-order valence-electron chi connectivity index (χ3n) is 2.62. The lowest BCUT2D eigenvalue weighted by Gasteiger charge is -2.17. The summed E-state index contributed by atoms with van der Waals surface area (Å²) < 4.78 is 0. The minimum Gasteiger partial charge on any atom is -0.310 e. The van der Waals surface area contributed by atoms with Gasteiger partial charge in [0.25, 0.3) is 0 Å². The van der Waals surface area contributed by atoms with Crippen molar-refractivity contribution in [2.75, 3.05) is 12.3 Å². The molecule has 0 aliphatic heterocycles. The van der Waals surface area contributed by atoms with Gasteiger partial charge in [0.15, 0.2) is 0 Å². The summed E-state index contributed by atoms with van der Waals surface area (Å²) in [6, 6.07) is 9.20. The monoisotopic (exact) mass is 247 g/mol. The number of hydrogen-bond donors (Lipinski definition) is 1. The first-order valence-electron chi connectivity index (χ1n) is 6.21. The second kappa shape index (κ2) is 8.22. The third-order valence-corrected chi connectivity index (χ3v) is 3.52. The highest BCUT2D eigenvalue weighted by molar-refractivity contribution is 7.99. The average molecular weight is 247 g/mol. The highest BCUT2D eigenvalue weighted by atomic mass is 32.2. The van der Waals surface area contributed by atoms with Gasteiger partial charge in [0.2, 0.25) is 0 Å². The summed E-state index contributed by atoms with van der Waals surface area (Å²) in [5.41, 5.74) is 1.34. The van der Waals surface area contributed by atoms with Crippen molar-refractivity contribution in [2.24, 2.45) is 0 Å². The molecule has 0 aliphatic carbocycles. The Labute approximate surface area is 109 Å². The lowest BCUT2D eigenvalue weighted by molar-refractivity contribution is 0.522. The highest BCUT2D eigenvalue weighted by Crippen LogP contribution is 2.23. The van der Waals surface area contributed by atoms with Crippen LogP contribution in [0, 0.1) is 12.3 Å². The topological polar surface area (TPSA) is 12.0 Å². The summed E-state index contributed by atoms with van der Waals surface area (Å²) in [6.07, 6.45) is 7.16. The smallest absolute Gasteiger partial charge is 0.0329 e. The molecule has 0 spiro atoms. The van der Waals surface area contributed by atoms with Gasteiger partial charge in [-0.15, -0.1) is 24.1 Å². The van der Waals surface area contributed by atoms with Crippen molar-refractivity contribution < 1.29 is 0 Å². The fourth-order valence-electron chi connectivity index (χ4n) is 1.82. The predicted octanol–water partition coefficient (Wildman–Crippen LogP) is 3.86. The van der Waals surface area contributed by atoms with Gasteiger partial charge < -0.3 is 5.32 Å². The van der Waals surface area contributed by atoms with E-state index in [1.165, 1.54) is 10.5 Å². The van der Waals surface area contributed by atoms with Crippen molar-refractivity contribution in [3.8, 4) is 12.3 Å². The summed E-state index contributed by atoms with van der Waals surface area (Å²) in [5, 5.41) is 3.48. The molecule has 1 N–H and O–H groups in total. The van der Waals surface area contributed by atoms with Crippen LogP contribution in [0.15, 0.2) is 29.2 Å². The van der Waals surface area contributed by atoms with Gasteiger partial charge in [-0.25, -0.2) is 0 Å². The van der Waals surface area contributed by atoms with Gasteiger partial charge in [0.1, 0.15) is 0 Å². The molecule has 17 heavy (non-hydrogen) atoms. The van der Waals surface area contributed by atoms with Crippen LogP contribution < -0.4 is 5.32 Å². The van der Waals surface area contributed by atoms with Gasteiger partial charge in [0.05, 0.1) is 0 Å². The fraction of sp³-hybridized carbons (Fsp3) is 0.467. The zero-order valence-corrected chi connectivity index (χ0v) is 11.5. The SMILES string of the molecule is C#CCCC(NCC)c1ccc(SCC)cc1. The van der Waals surface area contributed by atoms with Crippen LogP contribution in [0.4, 0.5) is 0 Å². The number of nitrogens with one attached hydrogen (secondary N) is 1. The Kier molecular flexibility index (Phi) is 6.84. The Morgan fingerprint density at radius 3 is 2.53 bits per heavy atom. The standard InChI is InChI=1S/C15H21NS/c1-4-7-8-15(16-5-2)13-9-11-14(12-10-13)17-6-3/h1,9-12,15-16H,5-8H2,2-3H3. The van der Waals surface area contributed by atoms with E-state index in [-0.39, 0.29) is 0 Å². The number of terminal acetylenes is 1. The summed E-state index contributed by atoms with van der Waals surface area (Å²) in [4.78, 5) is 1.34. The van der Waals surface area contributed by atoms with Crippen LogP contribution in [0.5, 0.6) is 0 Å². The lowest BCUT2D eigenvalue weighted by Crippen LogP contribution is -2.20. The molecular weight excluding hydrogens is 226 g/mol. The molecule has 1 aromatic carbocycles. The third kappa shape index (κ3) is 4.85. The maximum Gasteiger partial charge on any atom is 0.0329 e. The van der Waals surface area contributed by atoms with Crippen LogP contribution in [0.1, 0.15) is 38.3 Å². The Morgan fingerprint density at radius 2 is 2.00 bits per heavy atom. The van der Waals surface area contributed by atoms with E-state index < -0.39 is 0 Å². The van der Waals surface area contributed by atoms with Crippen molar-refractivity contribution in [1.82, 2.24) is 5.32 Å². The van der Waals surface area contributed by atoms with Crippen LogP contribution in [0.3, 0.4) is 0 Å². The van der Waals surface area contributed by atoms with Crippen LogP contribution >= 0.6 is 11.8 Å². The molecule has 0 bridgehead atoms. The molecule has 0 heterocycles. The molecule has 2 heteroatoms. The minimum absolute atomic E-state index is 0.386. The first kappa shape index (κ1) is 14.2. The predicted molar refractivity (Wildman–Crippen MR) is 77.3 cm³/mol. The van der Waals surface area contributed by atoms with E-state index in [1.54, 1.807) is 0 Å². The van der Waals surface area contributed by atoms with Crippen LogP contribution in [-0.2, 0) is 0 Å². The van der Waals surface area contributed by atoms with Gasteiger partial charge in [-0.05, 0) is 36.4 Å². The van der Waals surface area contributed by atoms with Crippen LogP contribution in [-0.4, -0.2) is 12.3 Å². The number of hydrogen-bond acceptors (Lipinski definition) is 2. The first-order chi connectivity index (χ1) is 8.31. The van der Waals surface area contributed by atoms with Gasteiger partial charge >= 0.3 is 0 Å². The number of rotatable bonds is 7. The van der Waals surface area contributed by atoms with E-state index in [0.29, 0.717) is 6.04 Å². The Morgan fingerprint density at radius 1 is 1.29 bits per heavy atom. The van der Waals surface area contributed by atoms with E-state index in [0.717, 1.165) is 25.1 Å². The normalized spacial score (nSPS) is 12.1. The molecule has 0 radical (unpaired) electrons. The maximum absolute atomic E-state index is 5.33. The van der Waals surface area contributed by atoms with Crippen LogP contribution in [0.2, 0.25) is 0 Å². The van der Waals surface area contributed by atoms with Crippen molar-refractivity contribution in [3.05, 3.63) is 29.8 Å². The molecule has 1 aromatic rings. The highest BCUT2D eigenvalue weighted by Gasteiger charge is 2.08.